The Morgan fingerprint density at radius 2 is 1.67 bits per heavy atom. The second-order valence-electron chi connectivity index (χ2n) is 11.6. The van der Waals surface area contributed by atoms with Gasteiger partial charge in [-0.05, 0) is 48.1 Å². The van der Waals surface area contributed by atoms with E-state index < -0.39 is 17.6 Å². The van der Waals surface area contributed by atoms with Gasteiger partial charge in [-0.15, -0.1) is 0 Å². The fourth-order valence-corrected chi connectivity index (χ4v) is 5.14. The van der Waals surface area contributed by atoms with E-state index in [1.807, 2.05) is 75.4 Å². The molecule has 4 N–H and O–H groups in total. The van der Waals surface area contributed by atoms with Gasteiger partial charge in [0.15, 0.2) is 0 Å². The average molecular weight is 585 g/mol. The van der Waals surface area contributed by atoms with Gasteiger partial charge in [-0.25, -0.2) is 0 Å². The topological polar surface area (TPSA) is 109 Å². The molecule has 0 bridgehead atoms. The first-order valence-corrected chi connectivity index (χ1v) is 15.2. The van der Waals surface area contributed by atoms with E-state index >= 15 is 0 Å². The highest BCUT2D eigenvalue weighted by molar-refractivity contribution is 5.96. The highest BCUT2D eigenvalue weighted by Crippen LogP contribution is 2.21. The lowest BCUT2D eigenvalue weighted by Crippen LogP contribution is -2.65. The normalized spacial score (nSPS) is 23.2. The number of para-hydroxylation sites is 1. The van der Waals surface area contributed by atoms with Crippen LogP contribution in [0.15, 0.2) is 72.8 Å². The molecule has 0 aromatic heterocycles. The fraction of sp³-hybridized carbons (Fsp3) is 0.400. The van der Waals surface area contributed by atoms with Gasteiger partial charge in [0.25, 0.3) is 0 Å². The molecule has 0 fully saturated rings. The quantitative estimate of drug-likeness (QED) is 0.356. The summed E-state index contributed by atoms with van der Waals surface area (Å²) >= 11 is 0. The number of carbonyl (C=O) groups is 3. The highest BCUT2D eigenvalue weighted by Gasteiger charge is 2.41. The maximum atomic E-state index is 13.9. The van der Waals surface area contributed by atoms with E-state index in [-0.39, 0.29) is 23.6 Å². The van der Waals surface area contributed by atoms with Crippen LogP contribution in [0, 0.1) is 5.92 Å². The average Bonchev–Trinajstić information content (AvgIpc) is 3.00. The van der Waals surface area contributed by atoms with Crippen molar-refractivity contribution in [2.24, 2.45) is 5.92 Å². The Morgan fingerprint density at radius 1 is 0.930 bits per heavy atom. The number of ether oxygens (including phenoxy) is 1. The summed E-state index contributed by atoms with van der Waals surface area (Å²) in [7, 11) is 0. The molecular weight excluding hydrogens is 540 g/mol. The molecule has 8 nitrogen and oxygen atoms in total. The first kappa shape index (κ1) is 31.8. The van der Waals surface area contributed by atoms with Gasteiger partial charge in [-0.2, -0.15) is 0 Å². The van der Waals surface area contributed by atoms with Crippen molar-refractivity contribution in [3.63, 3.8) is 0 Å². The summed E-state index contributed by atoms with van der Waals surface area (Å²) < 4.78 is 6.09. The summed E-state index contributed by atoms with van der Waals surface area (Å²) in [6, 6.07) is 20.6. The molecule has 0 saturated carbocycles. The van der Waals surface area contributed by atoms with Gasteiger partial charge < -0.3 is 26.0 Å². The van der Waals surface area contributed by atoms with Crippen LogP contribution in [-0.2, 0) is 20.8 Å². The summed E-state index contributed by atoms with van der Waals surface area (Å²) in [6.45, 7) is 8.53. The minimum atomic E-state index is -1.24. The van der Waals surface area contributed by atoms with E-state index in [0.29, 0.717) is 44.7 Å². The number of amides is 3. The third-order valence-corrected chi connectivity index (χ3v) is 8.14. The van der Waals surface area contributed by atoms with E-state index in [1.165, 1.54) is 0 Å². The Kier molecular flexibility index (Phi) is 11.0. The predicted molar refractivity (Wildman–Crippen MR) is 172 cm³/mol. The molecule has 1 aliphatic heterocycles. The van der Waals surface area contributed by atoms with E-state index in [0.717, 1.165) is 21.9 Å². The minimum Gasteiger partial charge on any atom is -0.492 e. The van der Waals surface area contributed by atoms with E-state index in [4.69, 9.17) is 4.74 Å². The van der Waals surface area contributed by atoms with Crippen LogP contribution < -0.4 is 26.0 Å². The Bertz CT molecular complexity index is 1450. The van der Waals surface area contributed by atoms with Gasteiger partial charge in [0.1, 0.15) is 23.9 Å². The molecule has 228 valence electrons. The Labute approximate surface area is 254 Å². The molecule has 43 heavy (non-hydrogen) atoms. The molecule has 8 heteroatoms. The maximum Gasteiger partial charge on any atom is 0.246 e. The van der Waals surface area contributed by atoms with Crippen molar-refractivity contribution >= 4 is 34.6 Å². The largest absolute Gasteiger partial charge is 0.492 e. The third kappa shape index (κ3) is 8.23. The molecule has 3 atom stereocenters. The van der Waals surface area contributed by atoms with Crippen molar-refractivity contribution in [1.29, 1.82) is 0 Å². The molecule has 0 unspecified atom stereocenters. The summed E-state index contributed by atoms with van der Waals surface area (Å²) in [5.74, 6) is -0.467. The molecule has 1 aliphatic rings. The monoisotopic (exact) mass is 584 g/mol. The Hall–Kier alpha value is -4.17. The number of carbonyl (C=O) groups excluding carboxylic acids is 3. The molecule has 0 aliphatic carbocycles. The zero-order valence-electron chi connectivity index (χ0n) is 25.6. The van der Waals surface area contributed by atoms with Crippen molar-refractivity contribution in [2.45, 2.75) is 64.6 Å². The zero-order valence-corrected chi connectivity index (χ0v) is 25.6. The van der Waals surface area contributed by atoms with Crippen LogP contribution in [0.4, 0.5) is 0 Å². The van der Waals surface area contributed by atoms with Crippen LogP contribution in [-0.4, -0.2) is 55.0 Å². The van der Waals surface area contributed by atoms with Crippen LogP contribution in [0.25, 0.3) is 16.8 Å². The van der Waals surface area contributed by atoms with Crippen LogP contribution in [0.5, 0.6) is 5.75 Å². The van der Waals surface area contributed by atoms with Crippen LogP contribution in [0.1, 0.15) is 51.7 Å². The second-order valence-corrected chi connectivity index (χ2v) is 11.6. The van der Waals surface area contributed by atoms with E-state index in [1.54, 1.807) is 6.92 Å². The SMILES string of the molecule is CCC[C@@H]1NC(=O)[C@@](C)(C(C)C)NC(=O)[C@@H](Cc2ccc3ccccc3c2)NCCOc2ccccc2/C=C/CNC1=O. The predicted octanol–water partition coefficient (Wildman–Crippen LogP) is 4.38. The molecule has 3 aromatic carbocycles. The van der Waals surface area contributed by atoms with Crippen molar-refractivity contribution < 1.29 is 19.1 Å². The van der Waals surface area contributed by atoms with Gasteiger partial charge in [-0.1, -0.05) is 100 Å². The smallest absolute Gasteiger partial charge is 0.246 e. The molecule has 0 radical (unpaired) electrons. The van der Waals surface area contributed by atoms with Crippen molar-refractivity contribution in [1.82, 2.24) is 21.3 Å². The number of nitrogens with one attached hydrogen (secondary N) is 4. The summed E-state index contributed by atoms with van der Waals surface area (Å²) in [5.41, 5.74) is 0.641. The van der Waals surface area contributed by atoms with Gasteiger partial charge >= 0.3 is 0 Å². The lowest BCUT2D eigenvalue weighted by atomic mass is 9.86. The standard InChI is InChI=1S/C35H44N4O4/c1-5-11-29-32(40)37-19-10-15-27-13-8-9-16-31(27)43-21-20-36-30(33(41)39-35(4,24(2)3)34(42)38-29)23-25-17-18-26-12-6-7-14-28(26)22-25/h6-10,12-18,22,24,29-30,36H,5,11,19-21,23H2,1-4H3,(H,37,40)(H,38,42)(H,39,41)/b15-10+/t29-,30+,35+/m0/s1. The van der Waals surface area contributed by atoms with Gasteiger partial charge in [0, 0.05) is 18.7 Å². The van der Waals surface area contributed by atoms with Crippen LogP contribution in [0.3, 0.4) is 0 Å². The molecule has 3 aromatic rings. The van der Waals surface area contributed by atoms with Gasteiger partial charge in [0.05, 0.1) is 6.04 Å². The number of hydrogen-bond donors (Lipinski definition) is 4. The number of rotatable bonds is 5. The highest BCUT2D eigenvalue weighted by atomic mass is 16.5. The third-order valence-electron chi connectivity index (χ3n) is 8.14. The second kappa shape index (κ2) is 14.8. The van der Waals surface area contributed by atoms with Crippen molar-refractivity contribution in [3.8, 4) is 5.75 Å². The lowest BCUT2D eigenvalue weighted by molar-refractivity contribution is -0.137. The van der Waals surface area contributed by atoms with E-state index in [2.05, 4.69) is 45.5 Å². The molecule has 0 spiro atoms. The molecular formula is C35H44N4O4. The van der Waals surface area contributed by atoms with Gasteiger partial charge in [0.2, 0.25) is 17.7 Å². The fourth-order valence-electron chi connectivity index (χ4n) is 5.14. The summed E-state index contributed by atoms with van der Waals surface area (Å²) in [4.78, 5) is 40.8. The first-order valence-electron chi connectivity index (χ1n) is 15.2. The van der Waals surface area contributed by atoms with E-state index in [9.17, 15) is 14.4 Å². The first-order chi connectivity index (χ1) is 20.7. The van der Waals surface area contributed by atoms with Crippen molar-refractivity contribution in [3.05, 3.63) is 83.9 Å². The van der Waals surface area contributed by atoms with Crippen molar-refractivity contribution in [2.75, 3.05) is 19.7 Å². The van der Waals surface area contributed by atoms with Crippen LogP contribution in [0.2, 0.25) is 0 Å². The Morgan fingerprint density at radius 3 is 2.44 bits per heavy atom. The molecule has 4 rings (SSSR count). The molecule has 0 saturated heterocycles. The molecule has 3 amide bonds. The van der Waals surface area contributed by atoms with Crippen LogP contribution >= 0.6 is 0 Å². The minimum absolute atomic E-state index is 0.239. The lowest BCUT2D eigenvalue weighted by Gasteiger charge is -2.36. The number of fused-ring (bicyclic) bond motifs is 2. The summed E-state index contributed by atoms with van der Waals surface area (Å²) in [6.07, 6.45) is 5.38. The number of benzene rings is 3. The Balaban J connectivity index is 1.64. The zero-order chi connectivity index (χ0) is 30.8. The summed E-state index contributed by atoms with van der Waals surface area (Å²) in [5, 5.41) is 14.5. The molecule has 1 heterocycles. The maximum absolute atomic E-state index is 13.9. The number of hydrogen-bond acceptors (Lipinski definition) is 5. The van der Waals surface area contributed by atoms with Gasteiger partial charge in [-0.3, -0.25) is 14.4 Å².